The van der Waals surface area contributed by atoms with Gasteiger partial charge in [0, 0.05) is 11.1 Å². The van der Waals surface area contributed by atoms with Crippen LogP contribution in [0.4, 0.5) is 11.4 Å². The third-order valence-electron chi connectivity index (χ3n) is 8.00. The molecule has 3 aliphatic rings. The molecule has 3 nitrogen and oxygen atoms in total. The van der Waals surface area contributed by atoms with Gasteiger partial charge in [0.2, 0.25) is 5.91 Å². The van der Waals surface area contributed by atoms with Crippen LogP contribution in [0.1, 0.15) is 49.3 Å². The Hall–Kier alpha value is -4.50. The summed E-state index contributed by atoms with van der Waals surface area (Å²) in [5.74, 6) is -0.256. The second kappa shape index (κ2) is 7.75. The molecule has 0 atom stereocenters. The Morgan fingerprint density at radius 2 is 1.16 bits per heavy atom. The van der Waals surface area contributed by atoms with Crippen molar-refractivity contribution < 1.29 is 9.59 Å². The van der Waals surface area contributed by atoms with Crippen molar-refractivity contribution >= 4 is 23.1 Å². The molecule has 0 fully saturated rings. The molecule has 4 aromatic carbocycles. The zero-order chi connectivity index (χ0) is 25.3. The molecule has 1 amide bonds. The van der Waals surface area contributed by atoms with E-state index in [1.165, 1.54) is 0 Å². The molecule has 1 heterocycles. The van der Waals surface area contributed by atoms with Gasteiger partial charge in [0.15, 0.2) is 5.78 Å². The number of hydrogen-bond acceptors (Lipinski definition) is 2. The first-order valence-corrected chi connectivity index (χ1v) is 12.7. The third-order valence-corrected chi connectivity index (χ3v) is 8.00. The summed E-state index contributed by atoms with van der Waals surface area (Å²) in [5, 5.41) is 0. The number of hydrogen-bond donors (Lipinski definition) is 0. The number of benzene rings is 4. The van der Waals surface area contributed by atoms with Gasteiger partial charge < -0.3 is 0 Å². The first-order chi connectivity index (χ1) is 18.0. The van der Waals surface area contributed by atoms with E-state index in [9.17, 15) is 9.59 Å². The summed E-state index contributed by atoms with van der Waals surface area (Å²) < 4.78 is 0. The largest absolute Gasteiger partial charge is 0.289 e. The minimum Gasteiger partial charge on any atom is -0.289 e. The van der Waals surface area contributed by atoms with Crippen LogP contribution in [0.15, 0.2) is 109 Å². The summed E-state index contributed by atoms with van der Waals surface area (Å²) >= 11 is 0. The van der Waals surface area contributed by atoms with Crippen LogP contribution in [0, 0.1) is 19.8 Å². The second-order valence-corrected chi connectivity index (χ2v) is 10.2. The SMILES string of the molecule is Cc1ccc2c(c1)C1(c3ccccc3C(=O)c3ccccc31)c1cc(C)ccc1N2C(=O)C1C=CC=C1. The number of allylic oxidation sites excluding steroid dienone is 2. The molecule has 4 aromatic rings. The van der Waals surface area contributed by atoms with Crippen LogP contribution in [0.2, 0.25) is 0 Å². The Morgan fingerprint density at radius 3 is 1.68 bits per heavy atom. The van der Waals surface area contributed by atoms with Crippen LogP contribution in [0.3, 0.4) is 0 Å². The van der Waals surface area contributed by atoms with E-state index in [1.54, 1.807) is 0 Å². The van der Waals surface area contributed by atoms with E-state index in [0.29, 0.717) is 11.1 Å². The molecule has 7 rings (SSSR count). The number of carbonyl (C=O) groups is 2. The van der Waals surface area contributed by atoms with Crippen molar-refractivity contribution in [1.82, 2.24) is 0 Å². The monoisotopic (exact) mass is 479 g/mol. The van der Waals surface area contributed by atoms with E-state index < -0.39 is 5.41 Å². The average molecular weight is 480 g/mol. The zero-order valence-electron chi connectivity index (χ0n) is 20.7. The van der Waals surface area contributed by atoms with Crippen molar-refractivity contribution in [2.24, 2.45) is 5.92 Å². The van der Waals surface area contributed by atoms with E-state index >= 15 is 0 Å². The summed E-state index contributed by atoms with van der Waals surface area (Å²) in [6, 6.07) is 28.6. The van der Waals surface area contributed by atoms with Crippen LogP contribution in [0.5, 0.6) is 0 Å². The lowest BCUT2D eigenvalue weighted by Gasteiger charge is -2.48. The van der Waals surface area contributed by atoms with Crippen LogP contribution in [-0.4, -0.2) is 11.7 Å². The highest BCUT2D eigenvalue weighted by atomic mass is 16.2. The smallest absolute Gasteiger partial charge is 0.242 e. The zero-order valence-corrected chi connectivity index (χ0v) is 20.7. The van der Waals surface area contributed by atoms with Crippen LogP contribution < -0.4 is 4.90 Å². The first kappa shape index (κ1) is 21.8. The van der Waals surface area contributed by atoms with Gasteiger partial charge >= 0.3 is 0 Å². The molecule has 0 saturated heterocycles. The van der Waals surface area contributed by atoms with Crippen molar-refractivity contribution in [2.45, 2.75) is 19.3 Å². The van der Waals surface area contributed by atoms with Gasteiger partial charge in [-0.25, -0.2) is 0 Å². The molecule has 0 radical (unpaired) electrons. The maximum atomic E-state index is 14.1. The van der Waals surface area contributed by atoms with E-state index in [-0.39, 0.29) is 17.6 Å². The summed E-state index contributed by atoms with van der Waals surface area (Å²) in [7, 11) is 0. The molecule has 0 bridgehead atoms. The third kappa shape index (κ3) is 2.83. The van der Waals surface area contributed by atoms with Crippen molar-refractivity contribution in [3.8, 4) is 0 Å². The van der Waals surface area contributed by atoms with E-state index in [1.807, 2.05) is 65.6 Å². The maximum Gasteiger partial charge on any atom is 0.242 e. The van der Waals surface area contributed by atoms with E-state index in [0.717, 1.165) is 44.8 Å². The Kier molecular flexibility index (Phi) is 4.56. The first-order valence-electron chi connectivity index (χ1n) is 12.7. The predicted octanol–water partition coefficient (Wildman–Crippen LogP) is 6.95. The number of rotatable bonds is 1. The van der Waals surface area contributed by atoms with Crippen molar-refractivity contribution in [1.29, 1.82) is 0 Å². The van der Waals surface area contributed by atoms with Gasteiger partial charge in [-0.2, -0.15) is 0 Å². The number of anilines is 2. The molecule has 1 spiro atoms. The molecular weight excluding hydrogens is 454 g/mol. The molecule has 1 aliphatic heterocycles. The molecular formula is C34H25NO2. The Morgan fingerprint density at radius 1 is 0.676 bits per heavy atom. The standard InChI is InChI=1S/C34H25NO2/c1-21-15-17-30-28(19-21)34(26-13-7-5-11-24(26)32(36)25-12-6-8-14-27(25)34)29-20-22(2)16-18-31(29)35(30)33(37)23-9-3-4-10-23/h3-20,23H,1-2H3. The van der Waals surface area contributed by atoms with Gasteiger partial charge in [0.05, 0.1) is 22.7 Å². The number of amides is 1. The molecule has 0 saturated carbocycles. The lowest BCUT2D eigenvalue weighted by atomic mass is 9.57. The highest BCUT2D eigenvalue weighted by Crippen LogP contribution is 2.59. The Balaban J connectivity index is 1.67. The summed E-state index contributed by atoms with van der Waals surface area (Å²) in [4.78, 5) is 29.7. The predicted molar refractivity (Wildman–Crippen MR) is 147 cm³/mol. The van der Waals surface area contributed by atoms with Crippen molar-refractivity contribution in [3.05, 3.63) is 154 Å². The van der Waals surface area contributed by atoms with Crippen LogP contribution in [-0.2, 0) is 10.2 Å². The highest BCUT2D eigenvalue weighted by molar-refractivity contribution is 6.15. The molecule has 37 heavy (non-hydrogen) atoms. The highest BCUT2D eigenvalue weighted by Gasteiger charge is 2.52. The van der Waals surface area contributed by atoms with Crippen LogP contribution in [0.25, 0.3) is 0 Å². The summed E-state index contributed by atoms with van der Waals surface area (Å²) in [6.07, 6.45) is 7.75. The number of fused-ring (bicyclic) bond motifs is 8. The van der Waals surface area contributed by atoms with Gasteiger partial charge in [0.1, 0.15) is 0 Å². The minimum absolute atomic E-state index is 0.0171. The van der Waals surface area contributed by atoms with Gasteiger partial charge in [-0.15, -0.1) is 0 Å². The second-order valence-electron chi connectivity index (χ2n) is 10.2. The van der Waals surface area contributed by atoms with Gasteiger partial charge in [-0.05, 0) is 48.2 Å². The minimum atomic E-state index is -0.734. The van der Waals surface area contributed by atoms with Crippen molar-refractivity contribution in [2.75, 3.05) is 4.90 Å². The van der Waals surface area contributed by atoms with Crippen LogP contribution >= 0.6 is 0 Å². The Labute approximate surface area is 216 Å². The normalized spacial score (nSPS) is 16.4. The summed E-state index contributed by atoms with van der Waals surface area (Å²) in [6.45, 7) is 4.17. The lowest BCUT2D eigenvalue weighted by Crippen LogP contribution is -2.45. The molecule has 0 unspecified atom stereocenters. The maximum absolute atomic E-state index is 14.1. The fourth-order valence-corrected chi connectivity index (χ4v) is 6.44. The van der Waals surface area contributed by atoms with E-state index in [4.69, 9.17) is 0 Å². The van der Waals surface area contributed by atoms with Gasteiger partial charge in [-0.3, -0.25) is 14.5 Å². The fraction of sp³-hybridized carbons (Fsp3) is 0.118. The topological polar surface area (TPSA) is 37.4 Å². The molecule has 178 valence electrons. The molecule has 0 N–H and O–H groups in total. The fourth-order valence-electron chi connectivity index (χ4n) is 6.44. The number of ketones is 1. The molecule has 2 aliphatic carbocycles. The number of carbonyl (C=O) groups excluding carboxylic acids is 2. The number of nitrogens with zero attached hydrogens (tertiary/aromatic N) is 1. The van der Waals surface area contributed by atoms with E-state index in [2.05, 4.69) is 62.4 Å². The average Bonchev–Trinajstić information content (AvgIpc) is 3.46. The number of aryl methyl sites for hydroxylation is 2. The van der Waals surface area contributed by atoms with Crippen molar-refractivity contribution in [3.63, 3.8) is 0 Å². The molecule has 0 aromatic heterocycles. The van der Waals surface area contributed by atoms with Gasteiger partial charge in [0.25, 0.3) is 0 Å². The van der Waals surface area contributed by atoms with Gasteiger partial charge in [-0.1, -0.05) is 108 Å². The summed E-state index contributed by atoms with van der Waals surface area (Å²) in [5.41, 5.74) is 8.60. The quantitative estimate of drug-likeness (QED) is 0.261. The molecule has 3 heteroatoms. The lowest BCUT2D eigenvalue weighted by molar-refractivity contribution is -0.119. The Bertz CT molecular complexity index is 1590.